The third-order valence-electron chi connectivity index (χ3n) is 1.65. The Morgan fingerprint density at radius 3 is 2.50 bits per heavy atom. The van der Waals surface area contributed by atoms with Crippen LogP contribution in [0.15, 0.2) is 12.2 Å². The van der Waals surface area contributed by atoms with Crippen LogP contribution in [0.2, 0.25) is 0 Å². The van der Waals surface area contributed by atoms with Gasteiger partial charge in [0.15, 0.2) is 0 Å². The molecule has 0 rings (SSSR count). The van der Waals surface area contributed by atoms with Crippen LogP contribution in [0.1, 0.15) is 26.7 Å². The summed E-state index contributed by atoms with van der Waals surface area (Å²) >= 11 is 0. The first-order valence-electron chi connectivity index (χ1n) is 3.96. The summed E-state index contributed by atoms with van der Waals surface area (Å²) < 4.78 is 0. The van der Waals surface area contributed by atoms with Crippen LogP contribution in [0.3, 0.4) is 0 Å². The van der Waals surface area contributed by atoms with Crippen molar-refractivity contribution >= 4 is 11.8 Å². The third kappa shape index (κ3) is 3.91. The molecule has 0 heterocycles. The van der Waals surface area contributed by atoms with Crippen molar-refractivity contribution in [3.05, 3.63) is 12.2 Å². The molecule has 0 aliphatic heterocycles. The summed E-state index contributed by atoms with van der Waals surface area (Å²) in [5, 5.41) is 8.47. The van der Waals surface area contributed by atoms with E-state index in [1.54, 1.807) is 0 Å². The molecule has 0 aromatic carbocycles. The van der Waals surface area contributed by atoms with Gasteiger partial charge in [-0.25, -0.2) is 0 Å². The van der Waals surface area contributed by atoms with Crippen molar-refractivity contribution in [2.75, 3.05) is 0 Å². The number of hydrogen-bond acceptors (Lipinski definition) is 2. The highest BCUT2D eigenvalue weighted by atomic mass is 16.4. The molecule has 1 unspecified atom stereocenters. The normalized spacial score (nSPS) is 13.2. The van der Waals surface area contributed by atoms with Gasteiger partial charge in [-0.1, -0.05) is 12.2 Å². The van der Waals surface area contributed by atoms with Crippen LogP contribution in [0.4, 0.5) is 0 Å². The summed E-state index contributed by atoms with van der Waals surface area (Å²) in [5.41, 5.74) is 0. The van der Waals surface area contributed by atoms with Gasteiger partial charge in [-0.2, -0.15) is 0 Å². The molecule has 0 aliphatic carbocycles. The number of carbonyl (C=O) groups excluding carboxylic acids is 1. The Morgan fingerprint density at radius 1 is 1.50 bits per heavy atom. The van der Waals surface area contributed by atoms with Crippen LogP contribution in [-0.4, -0.2) is 16.9 Å². The minimum absolute atomic E-state index is 0.208. The molecule has 1 N–H and O–H groups in total. The topological polar surface area (TPSA) is 54.4 Å². The Hall–Kier alpha value is -1.12. The lowest BCUT2D eigenvalue weighted by Crippen LogP contribution is -2.19. The average Bonchev–Trinajstić information content (AvgIpc) is 2.03. The lowest BCUT2D eigenvalue weighted by Gasteiger charge is -2.02. The van der Waals surface area contributed by atoms with Gasteiger partial charge in [-0.3, -0.25) is 9.59 Å². The van der Waals surface area contributed by atoms with Crippen molar-refractivity contribution in [3.63, 3.8) is 0 Å². The minimum atomic E-state index is -1.04. The van der Waals surface area contributed by atoms with Gasteiger partial charge in [0.25, 0.3) is 0 Å². The Balaban J connectivity index is 3.80. The second kappa shape index (κ2) is 5.52. The molecule has 0 saturated heterocycles. The number of carboxylic acid groups (broad SMARTS) is 1. The van der Waals surface area contributed by atoms with E-state index >= 15 is 0 Å². The van der Waals surface area contributed by atoms with E-state index in [4.69, 9.17) is 5.11 Å². The number of Topliss-reactive ketones (excluding diaryl/α,β-unsaturated/α-hetero) is 1. The zero-order valence-electron chi connectivity index (χ0n) is 7.41. The predicted molar refractivity (Wildman–Crippen MR) is 45.9 cm³/mol. The Bertz CT molecular complexity index is 194. The van der Waals surface area contributed by atoms with Gasteiger partial charge in [-0.05, 0) is 20.3 Å². The van der Waals surface area contributed by atoms with E-state index in [-0.39, 0.29) is 5.78 Å². The molecule has 0 saturated carbocycles. The van der Waals surface area contributed by atoms with Crippen molar-refractivity contribution in [2.45, 2.75) is 26.7 Å². The third-order valence-corrected chi connectivity index (χ3v) is 1.65. The molecule has 68 valence electrons. The number of carbonyl (C=O) groups is 2. The molecular weight excluding hydrogens is 156 g/mol. The SMILES string of the molecule is CC=CCCC(=O)C(C)C(=O)O. The highest BCUT2D eigenvalue weighted by Gasteiger charge is 2.18. The van der Waals surface area contributed by atoms with Crippen LogP contribution < -0.4 is 0 Å². The van der Waals surface area contributed by atoms with E-state index < -0.39 is 11.9 Å². The smallest absolute Gasteiger partial charge is 0.313 e. The van der Waals surface area contributed by atoms with E-state index in [0.29, 0.717) is 12.8 Å². The summed E-state index contributed by atoms with van der Waals surface area (Å²) in [4.78, 5) is 21.4. The molecule has 3 nitrogen and oxygen atoms in total. The van der Waals surface area contributed by atoms with Gasteiger partial charge in [0.05, 0.1) is 0 Å². The number of hydrogen-bond donors (Lipinski definition) is 1. The highest BCUT2D eigenvalue weighted by molar-refractivity contribution is 5.97. The molecule has 0 amide bonds. The van der Waals surface area contributed by atoms with Crippen molar-refractivity contribution in [1.82, 2.24) is 0 Å². The van der Waals surface area contributed by atoms with Crippen LogP contribution in [0, 0.1) is 5.92 Å². The first-order valence-corrected chi connectivity index (χ1v) is 3.96. The zero-order chi connectivity index (χ0) is 9.56. The molecule has 12 heavy (non-hydrogen) atoms. The summed E-state index contributed by atoms with van der Waals surface area (Å²) in [6.07, 6.45) is 4.65. The minimum Gasteiger partial charge on any atom is -0.481 e. The summed E-state index contributed by atoms with van der Waals surface area (Å²) in [6.45, 7) is 3.28. The van der Waals surface area contributed by atoms with Crippen LogP contribution in [-0.2, 0) is 9.59 Å². The number of aliphatic carboxylic acids is 1. The maximum atomic E-state index is 11.0. The van der Waals surface area contributed by atoms with Gasteiger partial charge >= 0.3 is 5.97 Å². The van der Waals surface area contributed by atoms with Gasteiger partial charge in [0.2, 0.25) is 0 Å². The second-order valence-corrected chi connectivity index (χ2v) is 2.63. The molecule has 3 heteroatoms. The number of ketones is 1. The monoisotopic (exact) mass is 170 g/mol. The number of rotatable bonds is 5. The summed E-state index contributed by atoms with van der Waals surface area (Å²) in [5.74, 6) is -2.11. The largest absolute Gasteiger partial charge is 0.481 e. The Morgan fingerprint density at radius 2 is 2.08 bits per heavy atom. The molecule has 0 bridgehead atoms. The average molecular weight is 170 g/mol. The fourth-order valence-electron chi connectivity index (χ4n) is 0.746. The fraction of sp³-hybridized carbons (Fsp3) is 0.556. The first kappa shape index (κ1) is 10.9. The lowest BCUT2D eigenvalue weighted by atomic mass is 10.0. The van der Waals surface area contributed by atoms with Crippen molar-refractivity contribution < 1.29 is 14.7 Å². The van der Waals surface area contributed by atoms with Crippen molar-refractivity contribution in [1.29, 1.82) is 0 Å². The summed E-state index contributed by atoms with van der Waals surface area (Å²) in [7, 11) is 0. The summed E-state index contributed by atoms with van der Waals surface area (Å²) in [6, 6.07) is 0. The second-order valence-electron chi connectivity index (χ2n) is 2.63. The number of allylic oxidation sites excluding steroid dienone is 2. The van der Waals surface area contributed by atoms with E-state index in [1.165, 1.54) is 6.92 Å². The lowest BCUT2D eigenvalue weighted by molar-refractivity contribution is -0.145. The van der Waals surface area contributed by atoms with E-state index in [1.807, 2.05) is 19.1 Å². The maximum Gasteiger partial charge on any atom is 0.313 e. The standard InChI is InChI=1S/C9H14O3/c1-3-4-5-6-8(10)7(2)9(11)12/h3-4,7H,5-6H2,1-2H3,(H,11,12). The molecule has 0 spiro atoms. The van der Waals surface area contributed by atoms with Crippen LogP contribution >= 0.6 is 0 Å². The Labute approximate surface area is 72.1 Å². The maximum absolute atomic E-state index is 11.0. The quantitative estimate of drug-likeness (QED) is 0.504. The first-order chi connectivity index (χ1) is 5.59. The number of carboxylic acids is 1. The van der Waals surface area contributed by atoms with Crippen LogP contribution in [0.5, 0.6) is 0 Å². The molecular formula is C9H14O3. The molecule has 0 fully saturated rings. The van der Waals surface area contributed by atoms with Crippen molar-refractivity contribution in [3.8, 4) is 0 Å². The van der Waals surface area contributed by atoms with Gasteiger partial charge in [0.1, 0.15) is 11.7 Å². The highest BCUT2D eigenvalue weighted by Crippen LogP contribution is 2.03. The van der Waals surface area contributed by atoms with E-state index in [2.05, 4.69) is 0 Å². The zero-order valence-corrected chi connectivity index (χ0v) is 7.41. The van der Waals surface area contributed by atoms with Gasteiger partial charge < -0.3 is 5.11 Å². The Kier molecular flexibility index (Phi) is 5.00. The molecule has 0 aromatic rings. The van der Waals surface area contributed by atoms with E-state index in [0.717, 1.165) is 0 Å². The van der Waals surface area contributed by atoms with E-state index in [9.17, 15) is 9.59 Å². The predicted octanol–water partition coefficient (Wildman–Crippen LogP) is 1.63. The molecule has 1 atom stereocenters. The molecule has 0 radical (unpaired) electrons. The van der Waals surface area contributed by atoms with Gasteiger partial charge in [-0.15, -0.1) is 0 Å². The van der Waals surface area contributed by atoms with Crippen molar-refractivity contribution in [2.24, 2.45) is 5.92 Å². The molecule has 0 aliphatic rings. The molecule has 0 aromatic heterocycles. The van der Waals surface area contributed by atoms with Gasteiger partial charge in [0, 0.05) is 6.42 Å². The van der Waals surface area contributed by atoms with Crippen LogP contribution in [0.25, 0.3) is 0 Å². The fourth-order valence-corrected chi connectivity index (χ4v) is 0.746.